The molecule has 1 aromatic heterocycles. The molecule has 23 heavy (non-hydrogen) atoms. The number of nitrogens with zero attached hydrogens (tertiary/aromatic N) is 3. The van der Waals surface area contributed by atoms with Crippen LogP contribution in [0.25, 0.3) is 0 Å². The zero-order valence-electron chi connectivity index (χ0n) is 12.5. The van der Waals surface area contributed by atoms with E-state index in [0.29, 0.717) is 21.3 Å². The Labute approximate surface area is 136 Å². The number of nitro benzene ring substituents is 1. The molecule has 0 aliphatic rings. The van der Waals surface area contributed by atoms with Gasteiger partial charge in [-0.15, -0.1) is 0 Å². The molecule has 0 atom stereocenters. The van der Waals surface area contributed by atoms with E-state index in [9.17, 15) is 14.9 Å². The van der Waals surface area contributed by atoms with Gasteiger partial charge in [0.1, 0.15) is 4.88 Å². The predicted octanol–water partition coefficient (Wildman–Crippen LogP) is 2.98. The van der Waals surface area contributed by atoms with E-state index < -0.39 is 10.9 Å². The number of nitrogens with one attached hydrogen (secondary N) is 1. The molecule has 120 valence electrons. The van der Waals surface area contributed by atoms with Crippen LogP contribution in [0.15, 0.2) is 29.4 Å². The second-order valence-electron chi connectivity index (χ2n) is 4.34. The lowest BCUT2D eigenvalue weighted by molar-refractivity contribution is -0.385. The van der Waals surface area contributed by atoms with Crippen LogP contribution in [0, 0.1) is 17.0 Å². The number of aryl methyl sites for hydroxylation is 1. The van der Waals surface area contributed by atoms with Gasteiger partial charge in [-0.25, -0.2) is 9.78 Å². The maximum Gasteiger partial charge on any atom is 0.350 e. The SMILES string of the molecule is CCOC(=O)c1sc(N/N=C\c2ccccc2[N+](=O)[O-])nc1C. The number of thiazole rings is 1. The number of hydrogen-bond acceptors (Lipinski definition) is 8. The Kier molecular flexibility index (Phi) is 5.36. The van der Waals surface area contributed by atoms with Crippen LogP contribution in [0.5, 0.6) is 0 Å². The molecule has 0 unspecified atom stereocenters. The van der Waals surface area contributed by atoms with Gasteiger partial charge in [0.2, 0.25) is 5.13 Å². The molecule has 1 N–H and O–H groups in total. The summed E-state index contributed by atoms with van der Waals surface area (Å²) in [4.78, 5) is 26.7. The first-order valence-electron chi connectivity index (χ1n) is 6.70. The average molecular weight is 334 g/mol. The van der Waals surface area contributed by atoms with Crippen molar-refractivity contribution in [2.24, 2.45) is 5.10 Å². The number of hydrazone groups is 1. The number of carbonyl (C=O) groups is 1. The minimum Gasteiger partial charge on any atom is -0.462 e. The van der Waals surface area contributed by atoms with E-state index >= 15 is 0 Å². The summed E-state index contributed by atoms with van der Waals surface area (Å²) in [5.41, 5.74) is 3.53. The summed E-state index contributed by atoms with van der Waals surface area (Å²) in [5, 5.41) is 15.2. The normalized spacial score (nSPS) is 10.7. The van der Waals surface area contributed by atoms with Gasteiger partial charge in [-0.1, -0.05) is 23.5 Å². The lowest BCUT2D eigenvalue weighted by Gasteiger charge is -1.97. The Morgan fingerprint density at radius 2 is 2.26 bits per heavy atom. The van der Waals surface area contributed by atoms with Crippen LogP contribution in [0.4, 0.5) is 10.8 Å². The van der Waals surface area contributed by atoms with E-state index in [1.807, 2.05) is 0 Å². The molecule has 9 heteroatoms. The summed E-state index contributed by atoms with van der Waals surface area (Å²) in [6.45, 7) is 3.71. The predicted molar refractivity (Wildman–Crippen MR) is 87.1 cm³/mol. The third kappa shape index (κ3) is 4.10. The number of para-hydroxylation sites is 1. The fraction of sp³-hybridized carbons (Fsp3) is 0.214. The van der Waals surface area contributed by atoms with Gasteiger partial charge < -0.3 is 4.74 Å². The van der Waals surface area contributed by atoms with Gasteiger partial charge in [0, 0.05) is 6.07 Å². The highest BCUT2D eigenvalue weighted by molar-refractivity contribution is 7.17. The van der Waals surface area contributed by atoms with Gasteiger partial charge in [-0.3, -0.25) is 15.5 Å². The molecule has 0 aliphatic carbocycles. The highest BCUT2D eigenvalue weighted by atomic mass is 32.1. The summed E-state index contributed by atoms with van der Waals surface area (Å²) in [5.74, 6) is -0.432. The highest BCUT2D eigenvalue weighted by Crippen LogP contribution is 2.23. The van der Waals surface area contributed by atoms with Gasteiger partial charge in [0.05, 0.1) is 29.0 Å². The van der Waals surface area contributed by atoms with Crippen molar-refractivity contribution >= 4 is 34.3 Å². The van der Waals surface area contributed by atoms with Gasteiger partial charge in [-0.2, -0.15) is 5.10 Å². The molecule has 0 fully saturated rings. The first-order valence-corrected chi connectivity index (χ1v) is 7.51. The largest absolute Gasteiger partial charge is 0.462 e. The Bertz CT molecular complexity index is 757. The van der Waals surface area contributed by atoms with Crippen LogP contribution >= 0.6 is 11.3 Å². The molecule has 8 nitrogen and oxygen atoms in total. The lowest BCUT2D eigenvalue weighted by Crippen LogP contribution is -2.03. The van der Waals surface area contributed by atoms with Crippen LogP contribution in [0.1, 0.15) is 27.9 Å². The van der Waals surface area contributed by atoms with Crippen LogP contribution in [0.3, 0.4) is 0 Å². The van der Waals surface area contributed by atoms with Crippen molar-refractivity contribution in [3.8, 4) is 0 Å². The monoisotopic (exact) mass is 334 g/mol. The summed E-state index contributed by atoms with van der Waals surface area (Å²) in [6, 6.07) is 6.24. The molecule has 0 radical (unpaired) electrons. The Hall–Kier alpha value is -2.81. The standard InChI is InChI=1S/C14H14N4O4S/c1-3-22-13(19)12-9(2)16-14(23-12)17-15-8-10-6-4-5-7-11(10)18(20)21/h4-8H,3H2,1-2H3,(H,16,17)/b15-8-. The van der Waals surface area contributed by atoms with Crippen LogP contribution in [-0.4, -0.2) is 28.7 Å². The van der Waals surface area contributed by atoms with Crippen LogP contribution < -0.4 is 5.43 Å². The molecule has 0 saturated heterocycles. The fourth-order valence-corrected chi connectivity index (χ4v) is 2.56. The minimum atomic E-state index is -0.478. The topological polar surface area (TPSA) is 107 Å². The number of ether oxygens (including phenoxy) is 1. The molecule has 0 saturated carbocycles. The summed E-state index contributed by atoms with van der Waals surface area (Å²) in [7, 11) is 0. The number of nitro groups is 1. The number of aromatic nitrogens is 1. The van der Waals surface area contributed by atoms with Gasteiger partial charge >= 0.3 is 5.97 Å². The summed E-state index contributed by atoms with van der Waals surface area (Å²) in [6.07, 6.45) is 1.33. The van der Waals surface area contributed by atoms with Crippen LogP contribution in [-0.2, 0) is 4.74 Å². The fourth-order valence-electron chi connectivity index (χ4n) is 1.75. The van der Waals surface area contributed by atoms with Crippen molar-refractivity contribution in [2.45, 2.75) is 13.8 Å². The minimum absolute atomic E-state index is 0.0411. The van der Waals surface area contributed by atoms with Gasteiger partial charge in [0.15, 0.2) is 0 Å². The van der Waals surface area contributed by atoms with E-state index in [1.165, 1.54) is 12.3 Å². The molecule has 2 aromatic rings. The number of hydrogen-bond donors (Lipinski definition) is 1. The quantitative estimate of drug-likeness (QED) is 0.377. The summed E-state index contributed by atoms with van der Waals surface area (Å²) >= 11 is 1.11. The van der Waals surface area contributed by atoms with Crippen molar-refractivity contribution in [3.63, 3.8) is 0 Å². The third-order valence-electron chi connectivity index (χ3n) is 2.75. The zero-order chi connectivity index (χ0) is 16.8. The van der Waals surface area contributed by atoms with Crippen molar-refractivity contribution in [1.29, 1.82) is 0 Å². The highest BCUT2D eigenvalue weighted by Gasteiger charge is 2.16. The number of benzene rings is 1. The molecular weight excluding hydrogens is 320 g/mol. The third-order valence-corrected chi connectivity index (χ3v) is 3.80. The second-order valence-corrected chi connectivity index (χ2v) is 5.34. The van der Waals surface area contributed by atoms with Crippen molar-refractivity contribution in [2.75, 3.05) is 12.0 Å². The molecule has 0 amide bonds. The Balaban J connectivity index is 2.11. The average Bonchev–Trinajstić information content (AvgIpc) is 2.89. The molecule has 0 spiro atoms. The Morgan fingerprint density at radius 1 is 1.52 bits per heavy atom. The first-order chi connectivity index (χ1) is 11.0. The molecule has 2 rings (SSSR count). The van der Waals surface area contributed by atoms with Crippen molar-refractivity contribution < 1.29 is 14.5 Å². The molecule has 1 aromatic carbocycles. The van der Waals surface area contributed by atoms with E-state index in [1.54, 1.807) is 32.0 Å². The van der Waals surface area contributed by atoms with E-state index in [2.05, 4.69) is 15.5 Å². The summed E-state index contributed by atoms with van der Waals surface area (Å²) < 4.78 is 4.93. The molecule has 0 aliphatic heterocycles. The van der Waals surface area contributed by atoms with Gasteiger partial charge in [-0.05, 0) is 19.9 Å². The maximum absolute atomic E-state index is 11.7. The second kappa shape index (κ2) is 7.45. The number of esters is 1. The first kappa shape index (κ1) is 16.6. The number of rotatable bonds is 6. The lowest BCUT2D eigenvalue weighted by atomic mass is 10.2. The van der Waals surface area contributed by atoms with Crippen molar-refractivity contribution in [3.05, 3.63) is 50.5 Å². The number of anilines is 1. The molecule has 1 heterocycles. The molecular formula is C14H14N4O4S. The zero-order valence-corrected chi connectivity index (χ0v) is 13.3. The number of carbonyl (C=O) groups excluding carboxylic acids is 1. The molecule has 0 bridgehead atoms. The van der Waals surface area contributed by atoms with Crippen molar-refractivity contribution in [1.82, 2.24) is 4.98 Å². The smallest absolute Gasteiger partial charge is 0.350 e. The van der Waals surface area contributed by atoms with E-state index in [4.69, 9.17) is 4.74 Å². The maximum atomic E-state index is 11.7. The van der Waals surface area contributed by atoms with Gasteiger partial charge in [0.25, 0.3) is 5.69 Å². The van der Waals surface area contributed by atoms with E-state index in [-0.39, 0.29) is 12.3 Å². The van der Waals surface area contributed by atoms with E-state index in [0.717, 1.165) is 11.3 Å². The Morgan fingerprint density at radius 3 is 2.96 bits per heavy atom. The van der Waals surface area contributed by atoms with Crippen LogP contribution in [0.2, 0.25) is 0 Å².